The molecule has 2 fully saturated rings. The van der Waals surface area contributed by atoms with Gasteiger partial charge in [0.15, 0.2) is 0 Å². The molecular formula is C24H21FO4. The van der Waals surface area contributed by atoms with E-state index in [9.17, 15) is 14.0 Å². The van der Waals surface area contributed by atoms with E-state index in [1.165, 1.54) is 26.0 Å². The topological polar surface area (TPSA) is 52.6 Å². The summed E-state index contributed by atoms with van der Waals surface area (Å²) in [6, 6.07) is 9.93. The summed E-state index contributed by atoms with van der Waals surface area (Å²) in [5, 5.41) is 0. The van der Waals surface area contributed by atoms with Crippen molar-refractivity contribution in [2.75, 3.05) is 0 Å². The summed E-state index contributed by atoms with van der Waals surface area (Å²) in [5.74, 6) is 2.26. The molecule has 3 aliphatic rings. The van der Waals surface area contributed by atoms with Crippen LogP contribution in [0.5, 0.6) is 11.5 Å². The van der Waals surface area contributed by atoms with Gasteiger partial charge in [0.2, 0.25) is 0 Å². The van der Waals surface area contributed by atoms with Crippen molar-refractivity contribution in [2.45, 2.75) is 32.1 Å². The number of rotatable bonds is 4. The van der Waals surface area contributed by atoms with Crippen molar-refractivity contribution in [3.05, 3.63) is 65.0 Å². The standard InChI is InChI=1S/C24H21FO4/c1-12(26)28-19-9-10-20(29-13(2)27)24-18-11-17(23(19)24)21-16(22(18)21)8-5-14-3-6-15(25)7-4-14/h3-10,16-18,21-22H,11H2,1-2H3/b8-5+/t16?,17-,18+,21+,22-. The minimum Gasteiger partial charge on any atom is -0.426 e. The van der Waals surface area contributed by atoms with Crippen LogP contribution in [0.25, 0.3) is 6.08 Å². The van der Waals surface area contributed by atoms with E-state index in [1.54, 1.807) is 24.3 Å². The summed E-state index contributed by atoms with van der Waals surface area (Å²) in [6.45, 7) is 2.79. The van der Waals surface area contributed by atoms with Gasteiger partial charge in [-0.15, -0.1) is 0 Å². The first-order chi connectivity index (χ1) is 13.9. The molecule has 0 N–H and O–H groups in total. The third kappa shape index (κ3) is 2.96. The highest BCUT2D eigenvalue weighted by atomic mass is 19.1. The van der Waals surface area contributed by atoms with Crippen LogP contribution in [-0.2, 0) is 9.59 Å². The highest BCUT2D eigenvalue weighted by Gasteiger charge is 2.67. The van der Waals surface area contributed by atoms with Crippen LogP contribution in [-0.4, -0.2) is 11.9 Å². The number of carbonyl (C=O) groups excluding carboxylic acids is 2. The second-order valence-electron chi connectivity index (χ2n) is 8.17. The molecule has 4 nitrogen and oxygen atoms in total. The smallest absolute Gasteiger partial charge is 0.308 e. The van der Waals surface area contributed by atoms with Gasteiger partial charge in [0, 0.05) is 25.0 Å². The number of allylic oxidation sites excluding steroid dienone is 1. The fraction of sp³-hybridized carbons (Fsp3) is 0.333. The molecule has 5 rings (SSSR count). The molecule has 29 heavy (non-hydrogen) atoms. The molecule has 5 heteroatoms. The summed E-state index contributed by atoms with van der Waals surface area (Å²) < 4.78 is 24.1. The van der Waals surface area contributed by atoms with Crippen LogP contribution in [0.2, 0.25) is 0 Å². The van der Waals surface area contributed by atoms with Gasteiger partial charge in [-0.1, -0.05) is 24.3 Å². The molecule has 2 aromatic carbocycles. The van der Waals surface area contributed by atoms with Gasteiger partial charge in [-0.3, -0.25) is 9.59 Å². The molecule has 3 aliphatic carbocycles. The van der Waals surface area contributed by atoms with Crippen LogP contribution in [0, 0.1) is 23.6 Å². The first-order valence-corrected chi connectivity index (χ1v) is 9.91. The number of carbonyl (C=O) groups is 2. The molecule has 2 bridgehead atoms. The number of hydrogen-bond donors (Lipinski definition) is 0. The lowest BCUT2D eigenvalue weighted by atomic mass is 9.90. The highest BCUT2D eigenvalue weighted by Crippen LogP contribution is 2.76. The minimum atomic E-state index is -0.352. The summed E-state index contributed by atoms with van der Waals surface area (Å²) in [4.78, 5) is 23.2. The molecule has 0 radical (unpaired) electrons. The SMILES string of the molecule is CC(=O)Oc1ccc(OC(C)=O)c2c1[C@H]1C[C@@H]2[C@@H]2C(/C=C/c3ccc(F)cc3)[C@@H]21. The Bertz CT molecular complexity index is 985. The first kappa shape index (κ1) is 18.1. The summed E-state index contributed by atoms with van der Waals surface area (Å²) >= 11 is 0. The molecule has 1 unspecified atom stereocenters. The van der Waals surface area contributed by atoms with Crippen molar-refractivity contribution in [1.29, 1.82) is 0 Å². The number of halogens is 1. The Hall–Kier alpha value is -2.95. The van der Waals surface area contributed by atoms with Gasteiger partial charge in [0.05, 0.1) is 0 Å². The number of ether oxygens (including phenoxy) is 2. The molecule has 2 aromatic rings. The maximum Gasteiger partial charge on any atom is 0.308 e. The second-order valence-corrected chi connectivity index (χ2v) is 8.17. The van der Waals surface area contributed by atoms with E-state index < -0.39 is 0 Å². The molecule has 0 aromatic heterocycles. The van der Waals surface area contributed by atoms with Crippen LogP contribution in [0.15, 0.2) is 42.5 Å². The molecule has 2 saturated carbocycles. The Labute approximate surface area is 168 Å². The normalized spacial score (nSPS) is 28.2. The van der Waals surface area contributed by atoms with E-state index in [0.29, 0.717) is 41.1 Å². The molecule has 5 atom stereocenters. The molecule has 0 spiro atoms. The van der Waals surface area contributed by atoms with Crippen LogP contribution < -0.4 is 9.47 Å². The quantitative estimate of drug-likeness (QED) is 0.552. The zero-order valence-electron chi connectivity index (χ0n) is 16.2. The average molecular weight is 392 g/mol. The van der Waals surface area contributed by atoms with Crippen LogP contribution >= 0.6 is 0 Å². The van der Waals surface area contributed by atoms with Gasteiger partial charge >= 0.3 is 11.9 Å². The van der Waals surface area contributed by atoms with E-state index in [4.69, 9.17) is 9.47 Å². The van der Waals surface area contributed by atoms with E-state index in [2.05, 4.69) is 6.08 Å². The Morgan fingerprint density at radius 2 is 1.41 bits per heavy atom. The van der Waals surface area contributed by atoms with Crippen molar-refractivity contribution in [1.82, 2.24) is 0 Å². The highest BCUT2D eigenvalue weighted by molar-refractivity contribution is 5.74. The molecule has 0 aliphatic heterocycles. The minimum absolute atomic E-state index is 0.241. The third-order valence-corrected chi connectivity index (χ3v) is 6.47. The summed E-state index contributed by atoms with van der Waals surface area (Å²) in [5.41, 5.74) is 3.04. The van der Waals surface area contributed by atoms with Gasteiger partial charge in [0.25, 0.3) is 0 Å². The summed E-state index contributed by atoms with van der Waals surface area (Å²) in [6.07, 6.45) is 5.26. The van der Waals surface area contributed by atoms with Gasteiger partial charge < -0.3 is 9.47 Å². The van der Waals surface area contributed by atoms with Crippen molar-refractivity contribution in [3.63, 3.8) is 0 Å². The van der Waals surface area contributed by atoms with Crippen LogP contribution in [0.4, 0.5) is 4.39 Å². The van der Waals surface area contributed by atoms with Crippen molar-refractivity contribution in [2.24, 2.45) is 17.8 Å². The molecular weight excluding hydrogens is 371 g/mol. The molecule has 148 valence electrons. The summed E-state index contributed by atoms with van der Waals surface area (Å²) in [7, 11) is 0. The third-order valence-electron chi connectivity index (χ3n) is 6.47. The lowest BCUT2D eigenvalue weighted by Crippen LogP contribution is -2.11. The fourth-order valence-corrected chi connectivity index (χ4v) is 5.57. The van der Waals surface area contributed by atoms with Crippen LogP contribution in [0.1, 0.15) is 48.8 Å². The van der Waals surface area contributed by atoms with E-state index in [-0.39, 0.29) is 17.8 Å². The first-order valence-electron chi connectivity index (χ1n) is 9.91. The van der Waals surface area contributed by atoms with Crippen molar-refractivity contribution < 1.29 is 23.5 Å². The van der Waals surface area contributed by atoms with Gasteiger partial charge in [-0.2, -0.15) is 0 Å². The lowest BCUT2D eigenvalue weighted by Gasteiger charge is -2.20. The van der Waals surface area contributed by atoms with Crippen molar-refractivity contribution >= 4 is 18.0 Å². The predicted molar refractivity (Wildman–Crippen MR) is 105 cm³/mol. The van der Waals surface area contributed by atoms with E-state index in [0.717, 1.165) is 23.1 Å². The maximum absolute atomic E-state index is 13.1. The largest absolute Gasteiger partial charge is 0.426 e. The predicted octanol–water partition coefficient (Wildman–Crippen LogP) is 4.84. The maximum atomic E-state index is 13.1. The number of benzene rings is 2. The zero-order valence-corrected chi connectivity index (χ0v) is 16.2. The zero-order chi connectivity index (χ0) is 20.3. The molecule has 0 amide bonds. The van der Waals surface area contributed by atoms with E-state index >= 15 is 0 Å². The Balaban J connectivity index is 1.46. The second kappa shape index (κ2) is 6.55. The number of fused-ring (bicyclic) bond motifs is 8. The molecule has 0 saturated heterocycles. The Morgan fingerprint density at radius 1 is 0.897 bits per heavy atom. The monoisotopic (exact) mass is 392 g/mol. The Kier molecular flexibility index (Phi) is 4.09. The van der Waals surface area contributed by atoms with Crippen molar-refractivity contribution in [3.8, 4) is 11.5 Å². The average Bonchev–Trinajstić information content (AvgIpc) is 3.07. The Morgan fingerprint density at radius 3 is 1.90 bits per heavy atom. The van der Waals surface area contributed by atoms with Gasteiger partial charge in [0.1, 0.15) is 17.3 Å². The molecule has 0 heterocycles. The fourth-order valence-electron chi connectivity index (χ4n) is 5.57. The number of esters is 2. The van der Waals surface area contributed by atoms with Crippen LogP contribution in [0.3, 0.4) is 0 Å². The number of hydrogen-bond acceptors (Lipinski definition) is 4. The van der Waals surface area contributed by atoms with Gasteiger partial charge in [-0.25, -0.2) is 4.39 Å². The van der Waals surface area contributed by atoms with Gasteiger partial charge in [-0.05, 0) is 65.8 Å². The lowest BCUT2D eigenvalue weighted by molar-refractivity contribution is -0.133. The van der Waals surface area contributed by atoms with E-state index in [1.807, 2.05) is 6.08 Å².